The minimum atomic E-state index is 0.214. The maximum atomic E-state index is 11.1. The fourth-order valence-electron chi connectivity index (χ4n) is 1.56. The summed E-state index contributed by atoms with van der Waals surface area (Å²) in [5.41, 5.74) is 2.45. The Hall–Kier alpha value is -1.11. The summed E-state index contributed by atoms with van der Waals surface area (Å²) < 4.78 is 0. The van der Waals surface area contributed by atoms with E-state index in [1.165, 1.54) is 11.1 Å². The van der Waals surface area contributed by atoms with Crippen LogP contribution in [0.15, 0.2) is 24.3 Å². The van der Waals surface area contributed by atoms with Gasteiger partial charge in [0, 0.05) is 12.3 Å². The lowest BCUT2D eigenvalue weighted by molar-refractivity contribution is -0.125. The summed E-state index contributed by atoms with van der Waals surface area (Å²) in [5, 5.41) is 0. The van der Waals surface area contributed by atoms with Crippen LogP contribution in [0.1, 0.15) is 29.9 Å². The zero-order valence-corrected chi connectivity index (χ0v) is 7.21. The van der Waals surface area contributed by atoms with E-state index in [0.717, 1.165) is 12.8 Å². The predicted octanol–water partition coefficient (Wildman–Crippen LogP) is 2.44. The van der Waals surface area contributed by atoms with E-state index < -0.39 is 0 Å². The van der Waals surface area contributed by atoms with Crippen LogP contribution in [-0.2, 0) is 4.79 Å². The van der Waals surface area contributed by atoms with Gasteiger partial charge in [-0.3, -0.25) is 4.79 Å². The molecule has 0 N–H and O–H groups in total. The number of carbonyl (C=O) groups is 1. The maximum Gasteiger partial charge on any atom is 0.140 e. The van der Waals surface area contributed by atoms with Crippen molar-refractivity contribution in [2.75, 3.05) is 0 Å². The Morgan fingerprint density at radius 3 is 2.33 bits per heavy atom. The van der Waals surface area contributed by atoms with Crippen LogP contribution in [0.5, 0.6) is 0 Å². The van der Waals surface area contributed by atoms with Gasteiger partial charge >= 0.3 is 0 Å². The van der Waals surface area contributed by atoms with Crippen LogP contribution >= 0.6 is 0 Å². The van der Waals surface area contributed by atoms with Crippen molar-refractivity contribution in [3.8, 4) is 0 Å². The van der Waals surface area contributed by atoms with Gasteiger partial charge in [-0.2, -0.15) is 0 Å². The van der Waals surface area contributed by atoms with Crippen LogP contribution in [0.4, 0.5) is 0 Å². The van der Waals surface area contributed by atoms with Crippen LogP contribution in [0.25, 0.3) is 0 Å². The third-order valence-electron chi connectivity index (χ3n) is 2.55. The van der Waals surface area contributed by atoms with Gasteiger partial charge in [0.1, 0.15) is 5.78 Å². The van der Waals surface area contributed by atoms with Gasteiger partial charge in [0.15, 0.2) is 0 Å². The molecular weight excluding hydrogens is 148 g/mol. The van der Waals surface area contributed by atoms with Gasteiger partial charge in [0.05, 0.1) is 0 Å². The van der Waals surface area contributed by atoms with Crippen molar-refractivity contribution in [2.24, 2.45) is 0 Å². The number of Topliss-reactive ketones (excluding diaryl/α,β-unsaturated/α-hetero) is 1. The Bertz CT molecular complexity index is 297. The quantitative estimate of drug-likeness (QED) is 0.616. The van der Waals surface area contributed by atoms with Crippen molar-refractivity contribution in [2.45, 2.75) is 25.7 Å². The second-order valence-corrected chi connectivity index (χ2v) is 3.47. The Morgan fingerprint density at radius 2 is 1.92 bits per heavy atom. The molecule has 1 saturated carbocycles. The van der Waals surface area contributed by atoms with E-state index in [1.54, 1.807) is 0 Å². The molecule has 1 atom stereocenters. The third-order valence-corrected chi connectivity index (χ3v) is 2.55. The lowest BCUT2D eigenvalue weighted by Gasteiger charge is -2.24. The average Bonchev–Trinajstić information content (AvgIpc) is 2.06. The molecule has 1 nitrogen and oxygen atoms in total. The number of benzene rings is 1. The first-order valence-corrected chi connectivity index (χ1v) is 4.36. The lowest BCUT2D eigenvalue weighted by Crippen LogP contribution is -2.22. The molecule has 0 saturated heterocycles. The topological polar surface area (TPSA) is 17.1 Å². The number of rotatable bonds is 1. The summed E-state index contributed by atoms with van der Waals surface area (Å²) in [4.78, 5) is 11.1. The van der Waals surface area contributed by atoms with Crippen molar-refractivity contribution in [1.29, 1.82) is 0 Å². The van der Waals surface area contributed by atoms with Gasteiger partial charge in [-0.05, 0) is 18.9 Å². The first-order valence-electron chi connectivity index (χ1n) is 4.36. The van der Waals surface area contributed by atoms with Gasteiger partial charge in [0.25, 0.3) is 0 Å². The van der Waals surface area contributed by atoms with Crippen molar-refractivity contribution >= 4 is 5.78 Å². The van der Waals surface area contributed by atoms with Crippen LogP contribution < -0.4 is 0 Å². The standard InChI is InChI=1S/C11H12O/c1-8-2-4-9(5-3-8)10-6-7-11(10)12/h2-5,10H,6-7H2,1H3/t10-/m1/s1. The molecule has 1 aliphatic carbocycles. The normalized spacial score (nSPS) is 22.1. The van der Waals surface area contributed by atoms with Gasteiger partial charge in [0.2, 0.25) is 0 Å². The van der Waals surface area contributed by atoms with Crippen molar-refractivity contribution in [3.63, 3.8) is 0 Å². The number of hydrogen-bond donors (Lipinski definition) is 0. The molecule has 0 unspecified atom stereocenters. The molecule has 1 heteroatoms. The molecule has 12 heavy (non-hydrogen) atoms. The van der Waals surface area contributed by atoms with Gasteiger partial charge in [-0.1, -0.05) is 29.8 Å². The van der Waals surface area contributed by atoms with Gasteiger partial charge < -0.3 is 0 Å². The molecule has 0 aliphatic heterocycles. The summed E-state index contributed by atoms with van der Waals surface area (Å²) in [6.45, 7) is 2.06. The average molecular weight is 160 g/mol. The molecule has 62 valence electrons. The van der Waals surface area contributed by atoms with E-state index in [0.29, 0.717) is 5.78 Å². The molecular formula is C11H12O. The highest BCUT2D eigenvalue weighted by molar-refractivity contribution is 5.91. The molecule has 0 amide bonds. The molecule has 1 aromatic carbocycles. The number of aryl methyl sites for hydroxylation is 1. The number of ketones is 1. The van der Waals surface area contributed by atoms with Gasteiger partial charge in [-0.15, -0.1) is 0 Å². The minimum Gasteiger partial charge on any atom is -0.299 e. The fraction of sp³-hybridized carbons (Fsp3) is 0.364. The van der Waals surface area contributed by atoms with E-state index in [1.807, 2.05) is 0 Å². The Kier molecular flexibility index (Phi) is 1.72. The number of hydrogen-bond acceptors (Lipinski definition) is 1. The zero-order valence-electron chi connectivity index (χ0n) is 7.21. The Morgan fingerprint density at radius 1 is 1.25 bits per heavy atom. The molecule has 0 aromatic heterocycles. The highest BCUT2D eigenvalue weighted by Gasteiger charge is 2.28. The van der Waals surface area contributed by atoms with Crippen LogP contribution in [0.3, 0.4) is 0 Å². The Balaban J connectivity index is 2.23. The molecule has 0 spiro atoms. The predicted molar refractivity (Wildman–Crippen MR) is 48.2 cm³/mol. The molecule has 0 heterocycles. The van der Waals surface area contributed by atoms with E-state index in [4.69, 9.17) is 0 Å². The maximum absolute atomic E-state index is 11.1. The molecule has 1 aliphatic rings. The number of carbonyl (C=O) groups excluding carboxylic acids is 1. The van der Waals surface area contributed by atoms with E-state index in [9.17, 15) is 4.79 Å². The highest BCUT2D eigenvalue weighted by Crippen LogP contribution is 2.32. The third kappa shape index (κ3) is 1.15. The van der Waals surface area contributed by atoms with E-state index >= 15 is 0 Å². The van der Waals surface area contributed by atoms with E-state index in [-0.39, 0.29) is 5.92 Å². The second kappa shape index (κ2) is 2.74. The van der Waals surface area contributed by atoms with E-state index in [2.05, 4.69) is 31.2 Å². The SMILES string of the molecule is Cc1ccc([C@H]2CCC2=O)cc1. The monoisotopic (exact) mass is 160 g/mol. The van der Waals surface area contributed by atoms with Crippen molar-refractivity contribution in [3.05, 3.63) is 35.4 Å². The Labute approximate surface area is 72.4 Å². The van der Waals surface area contributed by atoms with Crippen molar-refractivity contribution in [1.82, 2.24) is 0 Å². The van der Waals surface area contributed by atoms with Crippen molar-refractivity contribution < 1.29 is 4.79 Å². The summed E-state index contributed by atoms with van der Waals surface area (Å²) >= 11 is 0. The fourth-order valence-corrected chi connectivity index (χ4v) is 1.56. The molecule has 1 aromatic rings. The first-order chi connectivity index (χ1) is 5.77. The second-order valence-electron chi connectivity index (χ2n) is 3.47. The smallest absolute Gasteiger partial charge is 0.140 e. The molecule has 0 bridgehead atoms. The van der Waals surface area contributed by atoms with Gasteiger partial charge in [-0.25, -0.2) is 0 Å². The molecule has 1 fully saturated rings. The first kappa shape index (κ1) is 7.53. The minimum absolute atomic E-state index is 0.214. The summed E-state index contributed by atoms with van der Waals surface area (Å²) in [6.07, 6.45) is 1.82. The summed E-state index contributed by atoms with van der Waals surface area (Å²) in [6, 6.07) is 8.27. The molecule has 2 rings (SSSR count). The van der Waals surface area contributed by atoms with Crippen LogP contribution in [0, 0.1) is 6.92 Å². The van der Waals surface area contributed by atoms with Crippen LogP contribution in [0.2, 0.25) is 0 Å². The zero-order chi connectivity index (χ0) is 8.55. The van der Waals surface area contributed by atoms with Crippen LogP contribution in [-0.4, -0.2) is 5.78 Å². The largest absolute Gasteiger partial charge is 0.299 e. The molecule has 0 radical (unpaired) electrons. The summed E-state index contributed by atoms with van der Waals surface area (Å²) in [5.74, 6) is 0.615. The lowest BCUT2D eigenvalue weighted by atomic mass is 9.78. The highest BCUT2D eigenvalue weighted by atomic mass is 16.1. The summed E-state index contributed by atoms with van der Waals surface area (Å²) in [7, 11) is 0.